The highest BCUT2D eigenvalue weighted by Crippen LogP contribution is 2.34. The molecule has 2 aromatic carbocycles. The Bertz CT molecular complexity index is 1330. The van der Waals surface area contributed by atoms with Gasteiger partial charge in [-0.25, -0.2) is 13.4 Å². The summed E-state index contributed by atoms with van der Waals surface area (Å²) in [4.78, 5) is 12.0. The Kier molecular flexibility index (Phi) is 6.90. The molecule has 8 heteroatoms. The average Bonchev–Trinajstić information content (AvgIpc) is 3.09. The molecule has 3 aromatic rings. The summed E-state index contributed by atoms with van der Waals surface area (Å²) in [6, 6.07) is 17.1. The first kappa shape index (κ1) is 24.6. The van der Waals surface area contributed by atoms with Gasteiger partial charge in [0.2, 0.25) is 9.84 Å². The van der Waals surface area contributed by atoms with Gasteiger partial charge in [0.15, 0.2) is 0 Å². The molecule has 0 saturated carbocycles. The third kappa shape index (κ3) is 4.92. The average molecular weight is 507 g/mol. The number of hydrogen-bond acceptors (Lipinski definition) is 7. The van der Waals surface area contributed by atoms with E-state index in [1.165, 1.54) is 5.56 Å². The largest absolute Gasteiger partial charge is 0.495 e. The number of rotatable bonds is 5. The fourth-order valence-corrected chi connectivity index (χ4v) is 6.53. The van der Waals surface area contributed by atoms with Gasteiger partial charge >= 0.3 is 0 Å². The third-order valence-electron chi connectivity index (χ3n) is 7.29. The molecule has 7 nitrogen and oxygen atoms in total. The number of aryl methyl sites for hydroxylation is 1. The zero-order chi connectivity index (χ0) is 25.3. The molecule has 0 radical (unpaired) electrons. The molecule has 2 aliphatic rings. The number of aromatic nitrogens is 1. The summed E-state index contributed by atoms with van der Waals surface area (Å²) in [5.41, 5.74) is 4.31. The maximum atomic E-state index is 13.6. The van der Waals surface area contributed by atoms with Crippen molar-refractivity contribution in [1.29, 1.82) is 0 Å². The molecule has 36 heavy (non-hydrogen) atoms. The number of methoxy groups -OCH3 is 1. The Hall–Kier alpha value is -3.10. The molecule has 0 N–H and O–H groups in total. The standard InChI is InChI=1S/C28H34N4O3S/c1-21-5-4-6-28(29-21)32-17-15-31(16-18-32)24-7-9-25(10-8-24)36(33,34)27-20-23-12-14-30(2)13-11-22(23)19-26(27)35-3/h4-10,19-20H,11-18H2,1-3H3. The number of ether oxygens (including phenoxy) is 1. The second-order valence-electron chi connectivity index (χ2n) is 9.68. The van der Waals surface area contributed by atoms with E-state index in [-0.39, 0.29) is 9.79 Å². The quantitative estimate of drug-likeness (QED) is 0.524. The lowest BCUT2D eigenvalue weighted by Gasteiger charge is -2.36. The molecule has 0 bridgehead atoms. The lowest BCUT2D eigenvalue weighted by atomic mass is 10.0. The number of hydrogen-bond donors (Lipinski definition) is 0. The minimum Gasteiger partial charge on any atom is -0.495 e. The molecule has 0 amide bonds. The van der Waals surface area contributed by atoms with Crippen molar-refractivity contribution in [1.82, 2.24) is 9.88 Å². The van der Waals surface area contributed by atoms with Gasteiger partial charge in [-0.1, -0.05) is 6.07 Å². The summed E-state index contributed by atoms with van der Waals surface area (Å²) >= 11 is 0. The monoisotopic (exact) mass is 506 g/mol. The van der Waals surface area contributed by atoms with Crippen molar-refractivity contribution in [2.45, 2.75) is 29.6 Å². The molecule has 190 valence electrons. The van der Waals surface area contributed by atoms with Crippen LogP contribution in [0, 0.1) is 6.92 Å². The molecular weight excluding hydrogens is 472 g/mol. The van der Waals surface area contributed by atoms with Crippen LogP contribution < -0.4 is 14.5 Å². The molecule has 1 fully saturated rings. The summed E-state index contributed by atoms with van der Waals surface area (Å²) in [7, 11) is -0.0715. The van der Waals surface area contributed by atoms with E-state index in [1.807, 2.05) is 43.3 Å². The summed E-state index contributed by atoms with van der Waals surface area (Å²) < 4.78 is 32.8. The zero-order valence-corrected chi connectivity index (χ0v) is 22.1. The van der Waals surface area contributed by atoms with Crippen molar-refractivity contribution in [3.05, 3.63) is 71.4 Å². The van der Waals surface area contributed by atoms with Crippen LogP contribution in [0.15, 0.2) is 64.4 Å². The first-order chi connectivity index (χ1) is 17.3. The van der Waals surface area contributed by atoms with Crippen molar-refractivity contribution in [3.8, 4) is 5.75 Å². The Morgan fingerprint density at radius 2 is 1.47 bits per heavy atom. The predicted octanol–water partition coefficient (Wildman–Crippen LogP) is 3.59. The number of sulfone groups is 1. The van der Waals surface area contributed by atoms with Crippen molar-refractivity contribution >= 4 is 21.3 Å². The molecular formula is C28H34N4O3S. The van der Waals surface area contributed by atoms with E-state index < -0.39 is 9.84 Å². The van der Waals surface area contributed by atoms with Crippen LogP contribution in [0.3, 0.4) is 0 Å². The summed E-state index contributed by atoms with van der Waals surface area (Å²) in [5, 5.41) is 0. The zero-order valence-electron chi connectivity index (χ0n) is 21.3. The van der Waals surface area contributed by atoms with Gasteiger partial charge < -0.3 is 19.4 Å². The van der Waals surface area contributed by atoms with Crippen LogP contribution in [-0.4, -0.2) is 71.7 Å². The Morgan fingerprint density at radius 1 is 0.833 bits per heavy atom. The smallest absolute Gasteiger partial charge is 0.210 e. The fourth-order valence-electron chi connectivity index (χ4n) is 5.08. The van der Waals surface area contributed by atoms with E-state index in [2.05, 4.69) is 32.8 Å². The number of fused-ring (bicyclic) bond motifs is 1. The maximum Gasteiger partial charge on any atom is 0.210 e. The van der Waals surface area contributed by atoms with Gasteiger partial charge in [0.05, 0.1) is 12.0 Å². The normalized spacial score (nSPS) is 17.0. The van der Waals surface area contributed by atoms with Crippen LogP contribution in [0.5, 0.6) is 5.75 Å². The summed E-state index contributed by atoms with van der Waals surface area (Å²) in [6.07, 6.45) is 1.73. The highest BCUT2D eigenvalue weighted by atomic mass is 32.2. The van der Waals surface area contributed by atoms with Gasteiger partial charge in [-0.2, -0.15) is 0 Å². The van der Waals surface area contributed by atoms with Gasteiger partial charge in [-0.3, -0.25) is 0 Å². The first-order valence-corrected chi connectivity index (χ1v) is 14.0. The van der Waals surface area contributed by atoms with Gasteiger partial charge in [0, 0.05) is 50.6 Å². The Morgan fingerprint density at radius 3 is 2.11 bits per heavy atom. The molecule has 3 heterocycles. The van der Waals surface area contributed by atoms with Crippen LogP contribution in [0.1, 0.15) is 16.8 Å². The molecule has 2 aliphatic heterocycles. The van der Waals surface area contributed by atoms with Gasteiger partial charge in [0.25, 0.3) is 0 Å². The highest BCUT2D eigenvalue weighted by molar-refractivity contribution is 7.91. The van der Waals surface area contributed by atoms with Crippen molar-refractivity contribution in [2.75, 3.05) is 63.2 Å². The Labute approximate surface area is 214 Å². The third-order valence-corrected chi connectivity index (χ3v) is 9.08. The topological polar surface area (TPSA) is 66.0 Å². The van der Waals surface area contributed by atoms with Crippen LogP contribution in [-0.2, 0) is 22.7 Å². The van der Waals surface area contributed by atoms with E-state index in [0.29, 0.717) is 5.75 Å². The number of pyridine rings is 1. The van der Waals surface area contributed by atoms with Gasteiger partial charge in [0.1, 0.15) is 16.5 Å². The molecule has 1 aromatic heterocycles. The van der Waals surface area contributed by atoms with E-state index in [1.54, 1.807) is 19.2 Å². The number of nitrogens with zero attached hydrogens (tertiary/aromatic N) is 4. The van der Waals surface area contributed by atoms with Gasteiger partial charge in [-0.15, -0.1) is 0 Å². The van der Waals surface area contributed by atoms with E-state index >= 15 is 0 Å². The second-order valence-corrected chi connectivity index (χ2v) is 11.6. The number of likely N-dealkylation sites (N-methyl/N-ethyl adjacent to an activating group) is 1. The minimum absolute atomic E-state index is 0.250. The van der Waals surface area contributed by atoms with Crippen LogP contribution in [0.4, 0.5) is 11.5 Å². The van der Waals surface area contributed by atoms with Gasteiger partial charge in [-0.05, 0) is 86.5 Å². The lowest BCUT2D eigenvalue weighted by molar-refractivity contribution is 0.352. The highest BCUT2D eigenvalue weighted by Gasteiger charge is 2.26. The van der Waals surface area contributed by atoms with Crippen LogP contribution in [0.25, 0.3) is 0 Å². The molecule has 1 saturated heterocycles. The minimum atomic E-state index is -3.71. The fraction of sp³-hybridized carbons (Fsp3) is 0.393. The second kappa shape index (κ2) is 10.1. The number of anilines is 2. The molecule has 0 atom stereocenters. The van der Waals surface area contributed by atoms with Crippen molar-refractivity contribution in [2.24, 2.45) is 0 Å². The van der Waals surface area contributed by atoms with Crippen LogP contribution in [0.2, 0.25) is 0 Å². The lowest BCUT2D eigenvalue weighted by Crippen LogP contribution is -2.46. The summed E-state index contributed by atoms with van der Waals surface area (Å²) in [6.45, 7) is 7.34. The number of piperazine rings is 1. The predicted molar refractivity (Wildman–Crippen MR) is 143 cm³/mol. The van der Waals surface area contributed by atoms with E-state index in [9.17, 15) is 8.42 Å². The summed E-state index contributed by atoms with van der Waals surface area (Å²) in [5.74, 6) is 1.43. The molecule has 0 spiro atoms. The van der Waals surface area contributed by atoms with E-state index in [4.69, 9.17) is 4.74 Å². The first-order valence-electron chi connectivity index (χ1n) is 12.5. The van der Waals surface area contributed by atoms with E-state index in [0.717, 1.165) is 74.9 Å². The number of benzene rings is 2. The maximum absolute atomic E-state index is 13.6. The molecule has 5 rings (SSSR count). The van der Waals surface area contributed by atoms with Crippen LogP contribution >= 0.6 is 0 Å². The molecule has 0 unspecified atom stereocenters. The molecule has 0 aliphatic carbocycles. The Balaban J connectivity index is 1.34. The van der Waals surface area contributed by atoms with Crippen molar-refractivity contribution < 1.29 is 13.2 Å². The SMILES string of the molecule is COc1cc2c(cc1S(=O)(=O)c1ccc(N3CCN(c4cccc(C)n4)CC3)cc1)CCN(C)CC2. The van der Waals surface area contributed by atoms with Crippen molar-refractivity contribution in [3.63, 3.8) is 0 Å².